The van der Waals surface area contributed by atoms with Gasteiger partial charge in [-0.2, -0.15) is 0 Å². The molecule has 4 nitrogen and oxygen atoms in total. The molecule has 0 aliphatic carbocycles. The number of nitrogens with one attached hydrogen (secondary N) is 2. The van der Waals surface area contributed by atoms with Gasteiger partial charge in [0.15, 0.2) is 0 Å². The first-order chi connectivity index (χ1) is 9.56. The molecule has 1 atom stereocenters. The largest absolute Gasteiger partial charge is 0.381 e. The van der Waals surface area contributed by atoms with E-state index in [0.29, 0.717) is 12.0 Å². The van der Waals surface area contributed by atoms with E-state index in [0.717, 1.165) is 41.9 Å². The van der Waals surface area contributed by atoms with Gasteiger partial charge in [-0.25, -0.2) is 0 Å². The molecule has 2 N–H and O–H groups in total. The van der Waals surface area contributed by atoms with E-state index in [1.165, 1.54) is 6.92 Å². The van der Waals surface area contributed by atoms with Crippen molar-refractivity contribution in [1.29, 1.82) is 0 Å². The molecular weight excluding hydrogens is 320 g/mol. The molecule has 0 aromatic heterocycles. The minimum Gasteiger partial charge on any atom is -0.381 e. The molecular formula is C15H21BrN2O2. The van der Waals surface area contributed by atoms with Gasteiger partial charge in [-0.05, 0) is 59.8 Å². The van der Waals surface area contributed by atoms with Gasteiger partial charge in [0.05, 0.1) is 0 Å². The number of hydrogen-bond donors (Lipinski definition) is 2. The standard InChI is InChI=1S/C15H21BrN2O2/c1-10(12-5-7-20-8-6-12)17-15-4-3-13(9-14(15)16)18-11(2)19/h3-4,9-10,12,17H,5-8H2,1-2H3,(H,18,19). The molecule has 20 heavy (non-hydrogen) atoms. The highest BCUT2D eigenvalue weighted by atomic mass is 79.9. The van der Waals surface area contributed by atoms with Crippen molar-refractivity contribution in [3.05, 3.63) is 22.7 Å². The number of hydrogen-bond acceptors (Lipinski definition) is 3. The summed E-state index contributed by atoms with van der Waals surface area (Å²) in [5, 5.41) is 6.32. The molecule has 1 heterocycles. The van der Waals surface area contributed by atoms with E-state index in [4.69, 9.17) is 4.74 Å². The Bertz CT molecular complexity index is 473. The molecule has 0 bridgehead atoms. The van der Waals surface area contributed by atoms with Crippen molar-refractivity contribution in [3.63, 3.8) is 0 Å². The van der Waals surface area contributed by atoms with Gasteiger partial charge in [0, 0.05) is 42.0 Å². The maximum atomic E-state index is 11.0. The van der Waals surface area contributed by atoms with Crippen LogP contribution in [-0.2, 0) is 9.53 Å². The van der Waals surface area contributed by atoms with E-state index in [1.807, 2.05) is 18.2 Å². The maximum Gasteiger partial charge on any atom is 0.221 e. The van der Waals surface area contributed by atoms with Crippen LogP contribution in [0.25, 0.3) is 0 Å². The Labute approximate surface area is 128 Å². The Balaban J connectivity index is 1.99. The van der Waals surface area contributed by atoms with E-state index < -0.39 is 0 Å². The second kappa shape index (κ2) is 7.09. The number of halogens is 1. The zero-order valence-electron chi connectivity index (χ0n) is 11.9. The van der Waals surface area contributed by atoms with Crippen LogP contribution >= 0.6 is 15.9 Å². The van der Waals surface area contributed by atoms with Gasteiger partial charge in [0.25, 0.3) is 0 Å². The average molecular weight is 341 g/mol. The third-order valence-corrected chi connectivity index (χ3v) is 4.30. The predicted molar refractivity (Wildman–Crippen MR) is 85.1 cm³/mol. The molecule has 1 fully saturated rings. The van der Waals surface area contributed by atoms with Crippen LogP contribution in [0.2, 0.25) is 0 Å². The minimum atomic E-state index is -0.0619. The molecule has 0 radical (unpaired) electrons. The lowest BCUT2D eigenvalue weighted by Gasteiger charge is -2.29. The highest BCUT2D eigenvalue weighted by molar-refractivity contribution is 9.10. The van der Waals surface area contributed by atoms with Gasteiger partial charge in [-0.15, -0.1) is 0 Å². The molecule has 0 spiro atoms. The second-order valence-corrected chi connectivity index (χ2v) is 6.11. The van der Waals surface area contributed by atoms with Crippen molar-refractivity contribution < 1.29 is 9.53 Å². The summed E-state index contributed by atoms with van der Waals surface area (Å²) in [5.74, 6) is 0.582. The zero-order valence-corrected chi connectivity index (χ0v) is 13.5. The Kier molecular flexibility index (Phi) is 5.43. The summed E-state index contributed by atoms with van der Waals surface area (Å²) in [5.41, 5.74) is 1.85. The Morgan fingerprint density at radius 1 is 1.40 bits per heavy atom. The zero-order chi connectivity index (χ0) is 14.5. The SMILES string of the molecule is CC(=O)Nc1ccc(NC(C)C2CCOCC2)c(Br)c1. The summed E-state index contributed by atoms with van der Waals surface area (Å²) in [7, 11) is 0. The van der Waals surface area contributed by atoms with Gasteiger partial charge in [0.1, 0.15) is 0 Å². The fraction of sp³-hybridized carbons (Fsp3) is 0.533. The number of rotatable bonds is 4. The summed E-state index contributed by atoms with van der Waals surface area (Å²) < 4.78 is 6.36. The molecule has 0 saturated carbocycles. The first-order valence-electron chi connectivity index (χ1n) is 6.97. The number of anilines is 2. The third kappa shape index (κ3) is 4.21. The van der Waals surface area contributed by atoms with Crippen LogP contribution in [0, 0.1) is 5.92 Å². The molecule has 2 rings (SSSR count). The van der Waals surface area contributed by atoms with Crippen molar-refractivity contribution >= 4 is 33.2 Å². The lowest BCUT2D eigenvalue weighted by molar-refractivity contribution is -0.114. The molecule has 1 saturated heterocycles. The highest BCUT2D eigenvalue weighted by Crippen LogP contribution is 2.29. The van der Waals surface area contributed by atoms with Crippen LogP contribution in [0.1, 0.15) is 26.7 Å². The maximum absolute atomic E-state index is 11.0. The smallest absolute Gasteiger partial charge is 0.221 e. The molecule has 1 aliphatic heterocycles. The molecule has 5 heteroatoms. The van der Waals surface area contributed by atoms with Gasteiger partial charge in [-0.3, -0.25) is 4.79 Å². The summed E-state index contributed by atoms with van der Waals surface area (Å²) >= 11 is 3.55. The summed E-state index contributed by atoms with van der Waals surface area (Å²) in [6, 6.07) is 6.22. The molecule has 110 valence electrons. The number of carbonyl (C=O) groups is 1. The second-order valence-electron chi connectivity index (χ2n) is 5.26. The minimum absolute atomic E-state index is 0.0619. The van der Waals surface area contributed by atoms with E-state index in [9.17, 15) is 4.79 Å². The van der Waals surface area contributed by atoms with Crippen LogP contribution in [0.3, 0.4) is 0 Å². The quantitative estimate of drug-likeness (QED) is 0.879. The summed E-state index contributed by atoms with van der Waals surface area (Å²) in [6.45, 7) is 5.44. The monoisotopic (exact) mass is 340 g/mol. The molecule has 1 aliphatic rings. The normalized spacial score (nSPS) is 17.6. The van der Waals surface area contributed by atoms with E-state index in [1.54, 1.807) is 0 Å². The highest BCUT2D eigenvalue weighted by Gasteiger charge is 2.20. The first kappa shape index (κ1) is 15.3. The van der Waals surface area contributed by atoms with Crippen LogP contribution in [0.4, 0.5) is 11.4 Å². The lowest BCUT2D eigenvalue weighted by Crippen LogP contribution is -2.31. The van der Waals surface area contributed by atoms with Crippen molar-refractivity contribution in [2.24, 2.45) is 5.92 Å². The number of benzene rings is 1. The Morgan fingerprint density at radius 3 is 2.70 bits per heavy atom. The predicted octanol–water partition coefficient (Wildman–Crippen LogP) is 3.63. The van der Waals surface area contributed by atoms with Gasteiger partial charge in [0.2, 0.25) is 5.91 Å². The fourth-order valence-electron chi connectivity index (χ4n) is 2.49. The van der Waals surface area contributed by atoms with Crippen molar-refractivity contribution in [2.75, 3.05) is 23.8 Å². The third-order valence-electron chi connectivity index (χ3n) is 3.65. The molecule has 1 amide bonds. The van der Waals surface area contributed by atoms with E-state index >= 15 is 0 Å². The lowest BCUT2D eigenvalue weighted by atomic mass is 9.93. The number of carbonyl (C=O) groups excluding carboxylic acids is 1. The van der Waals surface area contributed by atoms with Gasteiger partial charge < -0.3 is 15.4 Å². The van der Waals surface area contributed by atoms with Crippen molar-refractivity contribution in [2.45, 2.75) is 32.7 Å². The number of ether oxygens (including phenoxy) is 1. The average Bonchev–Trinajstić information content (AvgIpc) is 2.42. The van der Waals surface area contributed by atoms with Crippen LogP contribution in [0.15, 0.2) is 22.7 Å². The van der Waals surface area contributed by atoms with Crippen molar-refractivity contribution in [3.8, 4) is 0 Å². The molecule has 1 unspecified atom stereocenters. The van der Waals surface area contributed by atoms with Gasteiger partial charge in [-0.1, -0.05) is 0 Å². The summed E-state index contributed by atoms with van der Waals surface area (Å²) in [6.07, 6.45) is 2.21. The topological polar surface area (TPSA) is 50.4 Å². The number of amides is 1. The fourth-order valence-corrected chi connectivity index (χ4v) is 2.99. The summed E-state index contributed by atoms with van der Waals surface area (Å²) in [4.78, 5) is 11.0. The van der Waals surface area contributed by atoms with Gasteiger partial charge >= 0.3 is 0 Å². The van der Waals surface area contributed by atoms with Crippen LogP contribution in [0.5, 0.6) is 0 Å². The Morgan fingerprint density at radius 2 is 2.10 bits per heavy atom. The van der Waals surface area contributed by atoms with Crippen LogP contribution < -0.4 is 10.6 Å². The first-order valence-corrected chi connectivity index (χ1v) is 7.77. The molecule has 1 aromatic carbocycles. The molecule has 1 aromatic rings. The Hall–Kier alpha value is -1.07. The van der Waals surface area contributed by atoms with Crippen molar-refractivity contribution in [1.82, 2.24) is 0 Å². The van der Waals surface area contributed by atoms with Crippen LogP contribution in [-0.4, -0.2) is 25.2 Å². The van der Waals surface area contributed by atoms with E-state index in [-0.39, 0.29) is 5.91 Å². The van der Waals surface area contributed by atoms with E-state index in [2.05, 4.69) is 33.5 Å².